The fraction of sp³-hybridized carbons (Fsp3) is 0.750. The normalized spacial score (nSPS) is 11.4. The van der Waals surface area contributed by atoms with Gasteiger partial charge in [0.05, 0.1) is 19.8 Å². The van der Waals surface area contributed by atoms with Gasteiger partial charge in [0.2, 0.25) is 0 Å². The minimum atomic E-state index is -2.53. The molecule has 0 unspecified atom stereocenters. The smallest absolute Gasteiger partial charge is 0.319 e. The molecule has 110 valence electrons. The minimum absolute atomic E-state index is 0.349. The van der Waals surface area contributed by atoms with Crippen molar-refractivity contribution in [2.45, 2.75) is 25.9 Å². The molecule has 0 aliphatic heterocycles. The first kappa shape index (κ1) is 16.0. The molecule has 0 bridgehead atoms. The predicted molar refractivity (Wildman–Crippen MR) is 67.1 cm³/mol. The molecular weight excluding hydrogens is 256 g/mol. The van der Waals surface area contributed by atoms with Crippen LogP contribution in [-0.2, 0) is 16.0 Å². The van der Waals surface area contributed by atoms with Gasteiger partial charge in [-0.25, -0.2) is 4.98 Å². The monoisotopic (exact) mass is 277 g/mol. The number of halogens is 2. The molecule has 19 heavy (non-hydrogen) atoms. The maximum Gasteiger partial charge on any atom is 0.319 e. The van der Waals surface area contributed by atoms with E-state index in [9.17, 15) is 8.78 Å². The molecule has 1 aromatic heterocycles. The predicted octanol–water partition coefficient (Wildman–Crippen LogP) is 1.81. The lowest BCUT2D eigenvalue weighted by atomic mass is 10.3. The number of methoxy groups -OCH3 is 1. The summed E-state index contributed by atoms with van der Waals surface area (Å²) in [5.41, 5.74) is 0. The van der Waals surface area contributed by atoms with E-state index in [4.69, 9.17) is 9.47 Å². The van der Waals surface area contributed by atoms with Crippen LogP contribution in [0.15, 0.2) is 12.4 Å². The Morgan fingerprint density at radius 3 is 2.89 bits per heavy atom. The van der Waals surface area contributed by atoms with E-state index >= 15 is 0 Å². The first-order chi connectivity index (χ1) is 9.25. The van der Waals surface area contributed by atoms with Gasteiger partial charge in [0, 0.05) is 26.1 Å². The Morgan fingerprint density at radius 1 is 1.32 bits per heavy atom. The molecule has 0 amide bonds. The lowest BCUT2D eigenvalue weighted by Crippen LogP contribution is -2.19. The Labute approximate surface area is 111 Å². The molecule has 7 heteroatoms. The van der Waals surface area contributed by atoms with Crippen molar-refractivity contribution in [1.82, 2.24) is 14.9 Å². The van der Waals surface area contributed by atoms with Crippen molar-refractivity contribution in [2.24, 2.45) is 0 Å². The molecule has 1 rings (SSSR count). The second-order valence-corrected chi connectivity index (χ2v) is 4.02. The Balaban J connectivity index is 2.00. The molecule has 0 aliphatic carbocycles. The topological polar surface area (TPSA) is 48.3 Å². The number of nitrogens with one attached hydrogen (secondary N) is 1. The fourth-order valence-electron chi connectivity index (χ4n) is 1.56. The third-order valence-corrected chi connectivity index (χ3v) is 2.57. The van der Waals surface area contributed by atoms with Crippen LogP contribution >= 0.6 is 0 Å². The zero-order valence-corrected chi connectivity index (χ0v) is 11.1. The summed E-state index contributed by atoms with van der Waals surface area (Å²) in [6.45, 7) is 0.473. The van der Waals surface area contributed by atoms with Crippen LogP contribution in [0.4, 0.5) is 8.78 Å². The number of aromatic nitrogens is 2. The van der Waals surface area contributed by atoms with E-state index in [-0.39, 0.29) is 0 Å². The average molecular weight is 277 g/mol. The van der Waals surface area contributed by atoms with Crippen LogP contribution in [0.3, 0.4) is 0 Å². The van der Waals surface area contributed by atoms with Gasteiger partial charge in [0.1, 0.15) is 5.82 Å². The number of hydrogen-bond acceptors (Lipinski definition) is 4. The summed E-state index contributed by atoms with van der Waals surface area (Å²) in [7, 11) is 1.64. The highest BCUT2D eigenvalue weighted by molar-refractivity contribution is 4.92. The van der Waals surface area contributed by atoms with Crippen LogP contribution in [0.2, 0.25) is 0 Å². The van der Waals surface area contributed by atoms with Crippen molar-refractivity contribution in [2.75, 3.05) is 33.5 Å². The lowest BCUT2D eigenvalue weighted by Gasteiger charge is -2.08. The molecule has 0 saturated heterocycles. The number of hydrogen-bond donors (Lipinski definition) is 1. The molecule has 0 atom stereocenters. The van der Waals surface area contributed by atoms with Crippen LogP contribution < -0.4 is 5.32 Å². The fourth-order valence-corrected chi connectivity index (χ4v) is 1.56. The van der Waals surface area contributed by atoms with Gasteiger partial charge in [-0.3, -0.25) is 4.57 Å². The lowest BCUT2D eigenvalue weighted by molar-refractivity contribution is 0.0663. The molecular formula is C12H21F2N3O2. The Morgan fingerprint density at radius 2 is 2.16 bits per heavy atom. The molecule has 5 nitrogen and oxygen atoms in total. The molecule has 1 N–H and O–H groups in total. The zero-order chi connectivity index (χ0) is 13.9. The van der Waals surface area contributed by atoms with Gasteiger partial charge in [-0.1, -0.05) is 0 Å². The van der Waals surface area contributed by atoms with Crippen molar-refractivity contribution < 1.29 is 18.3 Å². The third kappa shape index (κ3) is 6.60. The number of rotatable bonds is 11. The molecule has 0 spiro atoms. The highest BCUT2D eigenvalue weighted by atomic mass is 19.3. The van der Waals surface area contributed by atoms with E-state index in [1.54, 1.807) is 7.11 Å². The summed E-state index contributed by atoms with van der Waals surface area (Å²) in [5.74, 6) is 0.353. The SMILES string of the molecule is COCCOCCCCNCc1nccn1C(F)F. The van der Waals surface area contributed by atoms with E-state index in [1.807, 2.05) is 0 Å². The quantitative estimate of drug-likeness (QED) is 0.627. The first-order valence-electron chi connectivity index (χ1n) is 6.33. The Kier molecular flexibility index (Phi) is 8.28. The molecule has 0 radical (unpaired) electrons. The van der Waals surface area contributed by atoms with Gasteiger partial charge in [-0.2, -0.15) is 8.78 Å². The van der Waals surface area contributed by atoms with Crippen molar-refractivity contribution in [3.8, 4) is 0 Å². The molecule has 1 heterocycles. The average Bonchev–Trinajstić information content (AvgIpc) is 2.85. The number of unbranched alkanes of at least 4 members (excludes halogenated alkanes) is 1. The van der Waals surface area contributed by atoms with Crippen LogP contribution in [-0.4, -0.2) is 43.0 Å². The summed E-state index contributed by atoms with van der Waals surface area (Å²) in [4.78, 5) is 3.89. The largest absolute Gasteiger partial charge is 0.382 e. The maximum atomic E-state index is 12.5. The van der Waals surface area contributed by atoms with Crippen LogP contribution in [0.25, 0.3) is 0 Å². The van der Waals surface area contributed by atoms with Crippen molar-refractivity contribution >= 4 is 0 Å². The van der Waals surface area contributed by atoms with Gasteiger partial charge in [0.25, 0.3) is 0 Å². The van der Waals surface area contributed by atoms with E-state index in [0.29, 0.717) is 32.2 Å². The van der Waals surface area contributed by atoms with Gasteiger partial charge in [-0.15, -0.1) is 0 Å². The highest BCUT2D eigenvalue weighted by Crippen LogP contribution is 2.11. The molecule has 0 fully saturated rings. The van der Waals surface area contributed by atoms with E-state index in [0.717, 1.165) is 24.0 Å². The van der Waals surface area contributed by atoms with Crippen molar-refractivity contribution in [1.29, 1.82) is 0 Å². The molecule has 0 aliphatic rings. The van der Waals surface area contributed by atoms with E-state index < -0.39 is 6.55 Å². The van der Waals surface area contributed by atoms with Gasteiger partial charge in [-0.05, 0) is 19.4 Å². The molecule has 1 aromatic rings. The van der Waals surface area contributed by atoms with Crippen molar-refractivity contribution in [3.63, 3.8) is 0 Å². The number of imidazole rings is 1. The summed E-state index contributed by atoms with van der Waals surface area (Å²) >= 11 is 0. The van der Waals surface area contributed by atoms with Crippen LogP contribution in [0.1, 0.15) is 25.2 Å². The summed E-state index contributed by atoms with van der Waals surface area (Å²) in [6, 6.07) is 0. The second-order valence-electron chi connectivity index (χ2n) is 4.02. The first-order valence-corrected chi connectivity index (χ1v) is 6.33. The maximum absolute atomic E-state index is 12.5. The van der Waals surface area contributed by atoms with Gasteiger partial charge >= 0.3 is 6.55 Å². The zero-order valence-electron chi connectivity index (χ0n) is 11.1. The summed E-state index contributed by atoms with van der Waals surface area (Å²) in [5, 5.41) is 3.09. The highest BCUT2D eigenvalue weighted by Gasteiger charge is 2.10. The summed E-state index contributed by atoms with van der Waals surface area (Å²) < 4.78 is 36.0. The summed E-state index contributed by atoms with van der Waals surface area (Å²) in [6.07, 6.45) is 4.53. The number of ether oxygens (including phenoxy) is 2. The van der Waals surface area contributed by atoms with Gasteiger partial charge < -0.3 is 14.8 Å². The van der Waals surface area contributed by atoms with E-state index in [2.05, 4.69) is 10.3 Å². The van der Waals surface area contributed by atoms with Crippen molar-refractivity contribution in [3.05, 3.63) is 18.2 Å². The molecule has 0 saturated carbocycles. The number of nitrogens with zero attached hydrogens (tertiary/aromatic N) is 2. The van der Waals surface area contributed by atoms with Crippen LogP contribution in [0, 0.1) is 0 Å². The minimum Gasteiger partial charge on any atom is -0.382 e. The third-order valence-electron chi connectivity index (χ3n) is 2.57. The standard InChI is InChI=1S/C12H21F2N3O2/c1-18-8-9-19-7-3-2-4-15-10-11-16-5-6-17(11)12(13)14/h5-6,12,15H,2-4,7-10H2,1H3. The van der Waals surface area contributed by atoms with Crippen LogP contribution in [0.5, 0.6) is 0 Å². The van der Waals surface area contributed by atoms with E-state index in [1.165, 1.54) is 12.4 Å². The Hall–Kier alpha value is -1.05. The Bertz CT molecular complexity index is 335. The molecule has 0 aromatic carbocycles. The number of alkyl halides is 2. The second kappa shape index (κ2) is 9.82. The van der Waals surface area contributed by atoms with Gasteiger partial charge in [0.15, 0.2) is 0 Å².